The number of rotatable bonds is 10. The molecule has 10 nitrogen and oxygen atoms in total. The Bertz CT molecular complexity index is 1320. The number of imidazole rings is 1. The van der Waals surface area contributed by atoms with E-state index in [2.05, 4.69) is 14.9 Å². The molecule has 1 fully saturated rings. The highest BCUT2D eigenvalue weighted by Crippen LogP contribution is 2.34. The first-order valence-corrected chi connectivity index (χ1v) is 12.3. The monoisotopic (exact) mass is 505 g/mol. The molecular weight excluding hydrogens is 474 g/mol. The predicted molar refractivity (Wildman–Crippen MR) is 139 cm³/mol. The maximum atomic E-state index is 9.35. The van der Waals surface area contributed by atoms with Gasteiger partial charge in [0.15, 0.2) is 12.1 Å². The van der Waals surface area contributed by atoms with Crippen LogP contribution < -0.4 is 14.4 Å². The minimum Gasteiger partial charge on any atom is -0.497 e. The summed E-state index contributed by atoms with van der Waals surface area (Å²) in [4.78, 5) is 15.7. The summed E-state index contributed by atoms with van der Waals surface area (Å²) in [5, 5.41) is 9.35. The number of aromatic nitrogens is 4. The molecule has 0 bridgehead atoms. The van der Waals surface area contributed by atoms with Crippen LogP contribution in [0.2, 0.25) is 0 Å². The van der Waals surface area contributed by atoms with E-state index in [4.69, 9.17) is 23.9 Å². The maximum Gasteiger partial charge on any atom is 0.157 e. The van der Waals surface area contributed by atoms with Crippen molar-refractivity contribution >= 4 is 22.4 Å². The highest BCUT2D eigenvalue weighted by Gasteiger charge is 2.18. The van der Waals surface area contributed by atoms with Gasteiger partial charge in [-0.25, -0.2) is 9.97 Å². The zero-order valence-corrected chi connectivity index (χ0v) is 21.0. The molecule has 0 saturated carbocycles. The Hall–Kier alpha value is -3.73. The van der Waals surface area contributed by atoms with E-state index in [0.717, 1.165) is 48.3 Å². The van der Waals surface area contributed by atoms with Crippen molar-refractivity contribution in [2.75, 3.05) is 38.9 Å². The molecule has 1 aliphatic heterocycles. The van der Waals surface area contributed by atoms with Gasteiger partial charge in [0, 0.05) is 48.9 Å². The molecule has 37 heavy (non-hydrogen) atoms. The number of aliphatic hydroxyl groups is 1. The molecule has 2 aromatic carbocycles. The number of anilines is 2. The zero-order chi connectivity index (χ0) is 25.6. The molecule has 2 aromatic heterocycles. The Balaban J connectivity index is 1.48. The van der Waals surface area contributed by atoms with Crippen LogP contribution in [-0.2, 0) is 16.1 Å². The van der Waals surface area contributed by atoms with Gasteiger partial charge in [-0.1, -0.05) is 0 Å². The summed E-state index contributed by atoms with van der Waals surface area (Å²) in [5.74, 6) is 2.00. The Kier molecular flexibility index (Phi) is 7.79. The quantitative estimate of drug-likeness (QED) is 0.342. The molecule has 0 amide bonds. The summed E-state index contributed by atoms with van der Waals surface area (Å²) in [5.41, 5.74) is 3.88. The first-order chi connectivity index (χ1) is 18.2. The molecule has 0 radical (unpaired) electrons. The summed E-state index contributed by atoms with van der Waals surface area (Å²) < 4.78 is 24.6. The van der Waals surface area contributed by atoms with Crippen molar-refractivity contribution in [3.8, 4) is 17.3 Å². The smallest absolute Gasteiger partial charge is 0.157 e. The first kappa shape index (κ1) is 24.9. The lowest BCUT2D eigenvalue weighted by Gasteiger charge is -2.28. The van der Waals surface area contributed by atoms with Crippen LogP contribution >= 0.6 is 0 Å². The van der Waals surface area contributed by atoms with Gasteiger partial charge >= 0.3 is 0 Å². The fourth-order valence-corrected chi connectivity index (χ4v) is 4.33. The molecule has 5 rings (SSSR count). The van der Waals surface area contributed by atoms with E-state index < -0.39 is 0 Å². The summed E-state index contributed by atoms with van der Waals surface area (Å²) in [6.07, 6.45) is 7.98. The van der Waals surface area contributed by atoms with Crippen LogP contribution in [0.1, 0.15) is 25.0 Å². The van der Waals surface area contributed by atoms with Gasteiger partial charge in [0.1, 0.15) is 17.8 Å². The molecule has 4 aromatic rings. The maximum absolute atomic E-state index is 9.35. The number of hydrogen-bond donors (Lipinski definition) is 1. The van der Waals surface area contributed by atoms with Gasteiger partial charge in [0.2, 0.25) is 0 Å². The predicted octanol–water partition coefficient (Wildman–Crippen LogP) is 4.01. The van der Waals surface area contributed by atoms with Crippen molar-refractivity contribution in [1.29, 1.82) is 0 Å². The van der Waals surface area contributed by atoms with Crippen LogP contribution in [0.5, 0.6) is 11.5 Å². The van der Waals surface area contributed by atoms with Crippen LogP contribution in [-0.4, -0.2) is 64.9 Å². The number of fused-ring (bicyclic) bond motifs is 1. The minimum absolute atomic E-state index is 0.134. The molecule has 194 valence electrons. The molecule has 10 heteroatoms. The van der Waals surface area contributed by atoms with Crippen molar-refractivity contribution < 1.29 is 24.1 Å². The molecule has 0 spiro atoms. The van der Waals surface area contributed by atoms with E-state index in [-0.39, 0.29) is 12.9 Å². The molecule has 1 unspecified atom stereocenters. The van der Waals surface area contributed by atoms with Crippen LogP contribution in [0.4, 0.5) is 11.4 Å². The molecule has 1 saturated heterocycles. The molecule has 1 atom stereocenters. The number of benzene rings is 2. The summed E-state index contributed by atoms with van der Waals surface area (Å²) >= 11 is 0. The van der Waals surface area contributed by atoms with Crippen LogP contribution in [0.15, 0.2) is 55.1 Å². The number of methoxy groups -OCH3 is 2. The Labute approximate surface area is 215 Å². The van der Waals surface area contributed by atoms with Crippen molar-refractivity contribution in [2.24, 2.45) is 0 Å². The van der Waals surface area contributed by atoms with Gasteiger partial charge in [-0.2, -0.15) is 0 Å². The summed E-state index contributed by atoms with van der Waals surface area (Å²) in [7, 11) is 3.27. The zero-order valence-electron chi connectivity index (χ0n) is 21.0. The lowest BCUT2D eigenvalue weighted by molar-refractivity contribution is -0.160. The standard InChI is InChI=1S/C27H31N5O5/c1-34-22-11-21(12-23(14-22)35-2)32(8-10-37-27-5-3-4-9-36-27)20-6-7-24-25(13-20)30-26(15-28-24)31-16-19(17-33)29-18-31/h6-7,11-16,18,27,33H,3-5,8-10,17H2,1-2H3. The lowest BCUT2D eigenvalue weighted by Crippen LogP contribution is -2.28. The topological polar surface area (TPSA) is 104 Å². The molecule has 3 heterocycles. The van der Waals surface area contributed by atoms with E-state index in [1.54, 1.807) is 37.5 Å². The van der Waals surface area contributed by atoms with Gasteiger partial charge in [-0.15, -0.1) is 0 Å². The number of nitrogens with zero attached hydrogens (tertiary/aromatic N) is 5. The second-order valence-corrected chi connectivity index (χ2v) is 8.72. The SMILES string of the molecule is COc1cc(OC)cc(N(CCOC2CCCCO2)c2ccc3ncc(-n4cnc(CO)c4)nc3c2)c1. The van der Waals surface area contributed by atoms with Crippen molar-refractivity contribution in [3.63, 3.8) is 0 Å². The van der Waals surface area contributed by atoms with Crippen LogP contribution in [0.25, 0.3) is 16.9 Å². The molecule has 1 aliphatic rings. The average molecular weight is 506 g/mol. The fourth-order valence-electron chi connectivity index (χ4n) is 4.33. The third-order valence-electron chi connectivity index (χ3n) is 6.29. The fraction of sp³-hybridized carbons (Fsp3) is 0.370. The Morgan fingerprint density at radius 1 is 1.03 bits per heavy atom. The third kappa shape index (κ3) is 5.82. The normalized spacial score (nSPS) is 15.6. The average Bonchev–Trinajstić information content (AvgIpc) is 3.44. The minimum atomic E-state index is -0.167. The highest BCUT2D eigenvalue weighted by molar-refractivity contribution is 5.81. The van der Waals surface area contributed by atoms with Gasteiger partial charge in [0.25, 0.3) is 0 Å². The van der Waals surface area contributed by atoms with Crippen molar-refractivity contribution in [3.05, 3.63) is 60.8 Å². The number of hydrogen-bond acceptors (Lipinski definition) is 9. The van der Waals surface area contributed by atoms with Gasteiger partial charge < -0.3 is 29.0 Å². The van der Waals surface area contributed by atoms with E-state index in [1.807, 2.05) is 36.4 Å². The first-order valence-electron chi connectivity index (χ1n) is 12.3. The number of aliphatic hydroxyl groups excluding tert-OH is 1. The van der Waals surface area contributed by atoms with Gasteiger partial charge in [0.05, 0.1) is 50.4 Å². The Morgan fingerprint density at radius 2 is 1.86 bits per heavy atom. The van der Waals surface area contributed by atoms with Crippen molar-refractivity contribution in [2.45, 2.75) is 32.2 Å². The second kappa shape index (κ2) is 11.5. The summed E-state index contributed by atoms with van der Waals surface area (Å²) in [6.45, 7) is 1.66. The largest absolute Gasteiger partial charge is 0.497 e. The summed E-state index contributed by atoms with van der Waals surface area (Å²) in [6, 6.07) is 11.7. The molecular formula is C27H31N5O5. The highest BCUT2D eigenvalue weighted by atomic mass is 16.7. The van der Waals surface area contributed by atoms with E-state index >= 15 is 0 Å². The van der Waals surface area contributed by atoms with E-state index in [1.165, 1.54) is 0 Å². The van der Waals surface area contributed by atoms with Crippen LogP contribution in [0, 0.1) is 0 Å². The molecule has 0 aliphatic carbocycles. The van der Waals surface area contributed by atoms with Gasteiger partial charge in [-0.05, 0) is 37.5 Å². The Morgan fingerprint density at radius 3 is 2.57 bits per heavy atom. The molecule has 1 N–H and O–H groups in total. The lowest BCUT2D eigenvalue weighted by atomic mass is 10.2. The van der Waals surface area contributed by atoms with Crippen LogP contribution in [0.3, 0.4) is 0 Å². The number of ether oxygens (including phenoxy) is 4. The second-order valence-electron chi connectivity index (χ2n) is 8.72. The van der Waals surface area contributed by atoms with Gasteiger partial charge in [-0.3, -0.25) is 9.55 Å². The third-order valence-corrected chi connectivity index (χ3v) is 6.29. The van der Waals surface area contributed by atoms with E-state index in [0.29, 0.717) is 36.2 Å². The van der Waals surface area contributed by atoms with E-state index in [9.17, 15) is 5.11 Å². The van der Waals surface area contributed by atoms with Crippen molar-refractivity contribution in [1.82, 2.24) is 19.5 Å².